The first kappa shape index (κ1) is 17.0. The number of hydrogen-bond acceptors (Lipinski definition) is 1. The van der Waals surface area contributed by atoms with Crippen LogP contribution in [0.5, 0.6) is 0 Å². The van der Waals surface area contributed by atoms with E-state index in [0.29, 0.717) is 16.0 Å². The van der Waals surface area contributed by atoms with Gasteiger partial charge in [0.25, 0.3) is 0 Å². The lowest BCUT2D eigenvalue weighted by Gasteiger charge is -2.23. The molecule has 1 saturated carbocycles. The van der Waals surface area contributed by atoms with Gasteiger partial charge in [0.1, 0.15) is 0 Å². The van der Waals surface area contributed by atoms with Gasteiger partial charge in [-0.05, 0) is 54.2 Å². The first-order valence-electron chi connectivity index (χ1n) is 7.99. The molecule has 0 spiro atoms. The summed E-state index contributed by atoms with van der Waals surface area (Å²) in [5.41, 5.74) is 3.38. The van der Waals surface area contributed by atoms with E-state index in [9.17, 15) is 4.79 Å². The molecule has 0 amide bonds. The number of Topliss-reactive ketones (excluding diaryl/α,β-unsaturated/α-hetero) is 1. The van der Waals surface area contributed by atoms with Crippen molar-refractivity contribution < 1.29 is 4.79 Å². The van der Waals surface area contributed by atoms with Gasteiger partial charge in [0.05, 0.1) is 0 Å². The Kier molecular flexibility index (Phi) is 5.23. The standard InChI is InChI=1S/C21H18Cl2O/c1-14-10-17(12-15-6-2-4-8-19(15)22)21(24)18(11-14)13-16-7-3-5-9-20(16)23/h2-9,12-14H,10-11H2,1H3. The molecule has 122 valence electrons. The Morgan fingerprint density at radius 2 is 1.25 bits per heavy atom. The van der Waals surface area contributed by atoms with E-state index in [4.69, 9.17) is 23.2 Å². The number of ketones is 1. The minimum absolute atomic E-state index is 0.0907. The number of carbonyl (C=O) groups excluding carboxylic acids is 1. The Labute approximate surface area is 152 Å². The molecule has 0 saturated heterocycles. The van der Waals surface area contributed by atoms with Gasteiger partial charge >= 0.3 is 0 Å². The Morgan fingerprint density at radius 3 is 1.67 bits per heavy atom. The number of carbonyl (C=O) groups is 1. The second-order valence-electron chi connectivity index (χ2n) is 6.22. The molecule has 0 atom stereocenters. The van der Waals surface area contributed by atoms with Crippen LogP contribution in [0.3, 0.4) is 0 Å². The van der Waals surface area contributed by atoms with Crippen LogP contribution in [0, 0.1) is 5.92 Å². The molecule has 1 fully saturated rings. The number of benzene rings is 2. The normalized spacial score (nSPS) is 21.5. The summed E-state index contributed by atoms with van der Waals surface area (Å²) >= 11 is 12.5. The molecule has 0 N–H and O–H groups in total. The van der Waals surface area contributed by atoms with Gasteiger partial charge in [0.15, 0.2) is 5.78 Å². The van der Waals surface area contributed by atoms with E-state index in [0.717, 1.165) is 35.1 Å². The second-order valence-corrected chi connectivity index (χ2v) is 7.04. The number of halogens is 2. The average molecular weight is 357 g/mol. The van der Waals surface area contributed by atoms with Gasteiger partial charge in [-0.3, -0.25) is 4.79 Å². The van der Waals surface area contributed by atoms with Crippen LogP contribution >= 0.6 is 23.2 Å². The van der Waals surface area contributed by atoms with E-state index >= 15 is 0 Å². The largest absolute Gasteiger partial charge is 0.289 e. The molecule has 0 aliphatic heterocycles. The van der Waals surface area contributed by atoms with Crippen molar-refractivity contribution in [2.45, 2.75) is 19.8 Å². The summed E-state index contributed by atoms with van der Waals surface area (Å²) in [5.74, 6) is 0.498. The molecule has 2 aromatic rings. The second kappa shape index (κ2) is 7.38. The molecule has 1 aliphatic carbocycles. The molecule has 0 unspecified atom stereocenters. The smallest absolute Gasteiger partial charge is 0.185 e. The zero-order valence-electron chi connectivity index (χ0n) is 13.4. The lowest BCUT2D eigenvalue weighted by Crippen LogP contribution is -2.18. The van der Waals surface area contributed by atoms with Gasteiger partial charge in [-0.2, -0.15) is 0 Å². The van der Waals surface area contributed by atoms with Crippen molar-refractivity contribution >= 4 is 41.1 Å². The molecule has 24 heavy (non-hydrogen) atoms. The van der Waals surface area contributed by atoms with Crippen molar-refractivity contribution in [3.05, 3.63) is 80.8 Å². The van der Waals surface area contributed by atoms with Gasteiger partial charge in [0, 0.05) is 21.2 Å². The topological polar surface area (TPSA) is 17.1 Å². The SMILES string of the molecule is CC1CC(=Cc2ccccc2Cl)C(=O)C(=Cc2ccccc2Cl)C1. The lowest BCUT2D eigenvalue weighted by atomic mass is 9.81. The van der Waals surface area contributed by atoms with E-state index in [1.807, 2.05) is 60.7 Å². The van der Waals surface area contributed by atoms with E-state index in [1.54, 1.807) is 0 Å². The molecule has 2 aromatic carbocycles. The molecule has 0 radical (unpaired) electrons. The summed E-state index contributed by atoms with van der Waals surface area (Å²) in [4.78, 5) is 12.9. The quantitative estimate of drug-likeness (QED) is 0.564. The maximum atomic E-state index is 12.9. The molecule has 3 heteroatoms. The predicted octanol–water partition coefficient (Wildman–Crippen LogP) is 6.46. The number of rotatable bonds is 2. The van der Waals surface area contributed by atoms with Gasteiger partial charge in [-0.25, -0.2) is 0 Å². The summed E-state index contributed by atoms with van der Waals surface area (Å²) in [6.45, 7) is 2.16. The van der Waals surface area contributed by atoms with Gasteiger partial charge in [-0.15, -0.1) is 0 Å². The molecule has 1 nitrogen and oxygen atoms in total. The summed E-state index contributed by atoms with van der Waals surface area (Å²) in [6.07, 6.45) is 5.37. The van der Waals surface area contributed by atoms with E-state index in [2.05, 4.69) is 6.92 Å². The van der Waals surface area contributed by atoms with Crippen LogP contribution in [0.15, 0.2) is 59.7 Å². The van der Waals surface area contributed by atoms with E-state index in [-0.39, 0.29) is 5.78 Å². The molecular formula is C21H18Cl2O. The molecular weight excluding hydrogens is 339 g/mol. The Bertz CT molecular complexity index is 766. The van der Waals surface area contributed by atoms with Crippen molar-refractivity contribution in [2.75, 3.05) is 0 Å². The highest BCUT2D eigenvalue weighted by Gasteiger charge is 2.25. The highest BCUT2D eigenvalue weighted by Crippen LogP contribution is 2.33. The number of hydrogen-bond donors (Lipinski definition) is 0. The third-order valence-electron chi connectivity index (χ3n) is 4.19. The molecule has 0 bridgehead atoms. The van der Waals surface area contributed by atoms with Crippen LogP contribution in [0.25, 0.3) is 12.2 Å². The summed E-state index contributed by atoms with van der Waals surface area (Å²) in [7, 11) is 0. The maximum absolute atomic E-state index is 12.9. The predicted molar refractivity (Wildman–Crippen MR) is 102 cm³/mol. The van der Waals surface area contributed by atoms with Crippen LogP contribution in [0.2, 0.25) is 10.0 Å². The van der Waals surface area contributed by atoms with Crippen molar-refractivity contribution in [3.63, 3.8) is 0 Å². The zero-order chi connectivity index (χ0) is 17.1. The fourth-order valence-electron chi connectivity index (χ4n) is 3.02. The van der Waals surface area contributed by atoms with Gasteiger partial charge < -0.3 is 0 Å². The molecule has 1 aliphatic rings. The van der Waals surface area contributed by atoms with E-state index in [1.165, 1.54) is 0 Å². The minimum Gasteiger partial charge on any atom is -0.289 e. The Balaban J connectivity index is 1.98. The lowest BCUT2D eigenvalue weighted by molar-refractivity contribution is -0.113. The third kappa shape index (κ3) is 3.80. The van der Waals surface area contributed by atoms with Crippen LogP contribution in [-0.2, 0) is 4.79 Å². The van der Waals surface area contributed by atoms with Gasteiger partial charge in [-0.1, -0.05) is 66.5 Å². The molecule has 3 rings (SSSR count). The van der Waals surface area contributed by atoms with Crippen LogP contribution in [-0.4, -0.2) is 5.78 Å². The van der Waals surface area contributed by atoms with E-state index < -0.39 is 0 Å². The van der Waals surface area contributed by atoms with Crippen molar-refractivity contribution in [2.24, 2.45) is 5.92 Å². The third-order valence-corrected chi connectivity index (χ3v) is 4.88. The van der Waals surface area contributed by atoms with Crippen LogP contribution < -0.4 is 0 Å². The van der Waals surface area contributed by atoms with Crippen LogP contribution in [0.1, 0.15) is 30.9 Å². The fourth-order valence-corrected chi connectivity index (χ4v) is 3.40. The maximum Gasteiger partial charge on any atom is 0.185 e. The average Bonchev–Trinajstić information content (AvgIpc) is 2.56. The van der Waals surface area contributed by atoms with Gasteiger partial charge in [0.2, 0.25) is 0 Å². The summed E-state index contributed by atoms with van der Waals surface area (Å²) in [6, 6.07) is 15.2. The molecule has 0 heterocycles. The molecule has 0 aromatic heterocycles. The monoisotopic (exact) mass is 356 g/mol. The van der Waals surface area contributed by atoms with Crippen LogP contribution in [0.4, 0.5) is 0 Å². The summed E-state index contributed by atoms with van der Waals surface area (Å²) in [5, 5.41) is 1.32. The number of allylic oxidation sites excluding steroid dienone is 2. The Hall–Kier alpha value is -1.83. The highest BCUT2D eigenvalue weighted by molar-refractivity contribution is 6.32. The fraction of sp³-hybridized carbons (Fsp3) is 0.190. The first-order chi connectivity index (χ1) is 11.5. The minimum atomic E-state index is 0.0907. The van der Waals surface area contributed by atoms with Crippen molar-refractivity contribution in [1.82, 2.24) is 0 Å². The zero-order valence-corrected chi connectivity index (χ0v) is 14.9. The Morgan fingerprint density at radius 1 is 0.833 bits per heavy atom. The van der Waals surface area contributed by atoms with Crippen molar-refractivity contribution in [3.8, 4) is 0 Å². The highest BCUT2D eigenvalue weighted by atomic mass is 35.5. The van der Waals surface area contributed by atoms with Crippen molar-refractivity contribution in [1.29, 1.82) is 0 Å². The first-order valence-corrected chi connectivity index (χ1v) is 8.75. The summed E-state index contributed by atoms with van der Waals surface area (Å²) < 4.78 is 0.